The van der Waals surface area contributed by atoms with Crippen LogP contribution < -0.4 is 5.32 Å². The van der Waals surface area contributed by atoms with Crippen LogP contribution in [-0.4, -0.2) is 6.54 Å². The fourth-order valence-electron chi connectivity index (χ4n) is 1.59. The quantitative estimate of drug-likeness (QED) is 0.695. The molecule has 0 bridgehead atoms. The van der Waals surface area contributed by atoms with E-state index in [0.717, 1.165) is 13.0 Å². The van der Waals surface area contributed by atoms with Crippen molar-refractivity contribution >= 4 is 0 Å². The number of allylic oxidation sites excluding steroid dienone is 3. The van der Waals surface area contributed by atoms with Crippen molar-refractivity contribution in [2.45, 2.75) is 33.1 Å². The maximum atomic E-state index is 3.24. The molecule has 1 nitrogen and oxygen atoms in total. The number of dihydropyridines is 1. The average molecular weight is 177 g/mol. The van der Waals surface area contributed by atoms with Crippen molar-refractivity contribution in [3.8, 4) is 0 Å². The number of rotatable bonds is 4. The van der Waals surface area contributed by atoms with E-state index in [2.05, 4.69) is 37.4 Å². The second-order valence-electron chi connectivity index (χ2n) is 3.32. The van der Waals surface area contributed by atoms with E-state index in [9.17, 15) is 0 Å². The van der Waals surface area contributed by atoms with Gasteiger partial charge in [0.25, 0.3) is 0 Å². The molecule has 0 aromatic carbocycles. The number of nitrogens with one attached hydrogen (secondary N) is 1. The van der Waals surface area contributed by atoms with Gasteiger partial charge in [0.1, 0.15) is 0 Å². The predicted octanol–water partition coefficient (Wildman–Crippen LogP) is 3.17. The van der Waals surface area contributed by atoms with Gasteiger partial charge < -0.3 is 5.32 Å². The first-order chi connectivity index (χ1) is 6.38. The van der Waals surface area contributed by atoms with Gasteiger partial charge in [0.15, 0.2) is 0 Å². The van der Waals surface area contributed by atoms with Gasteiger partial charge in [0.05, 0.1) is 0 Å². The van der Waals surface area contributed by atoms with Crippen molar-refractivity contribution in [3.05, 3.63) is 35.6 Å². The van der Waals surface area contributed by atoms with E-state index in [4.69, 9.17) is 0 Å². The lowest BCUT2D eigenvalue weighted by Crippen LogP contribution is -2.14. The fourth-order valence-corrected chi connectivity index (χ4v) is 1.59. The molecule has 72 valence electrons. The highest BCUT2D eigenvalue weighted by molar-refractivity contribution is 5.36. The van der Waals surface area contributed by atoms with Crippen LogP contribution in [0.3, 0.4) is 0 Å². The number of hydrogen-bond donors (Lipinski definition) is 1. The first-order valence-corrected chi connectivity index (χ1v) is 5.17. The Labute approximate surface area is 81.2 Å². The molecule has 1 N–H and O–H groups in total. The molecular formula is C12H19N. The molecule has 0 spiro atoms. The third-order valence-corrected chi connectivity index (χ3v) is 2.19. The van der Waals surface area contributed by atoms with Gasteiger partial charge in [-0.15, -0.1) is 0 Å². The molecule has 0 aliphatic carbocycles. The molecule has 13 heavy (non-hydrogen) atoms. The molecule has 0 amide bonds. The van der Waals surface area contributed by atoms with Crippen LogP contribution in [0.2, 0.25) is 0 Å². The van der Waals surface area contributed by atoms with Crippen LogP contribution in [0, 0.1) is 0 Å². The molecular weight excluding hydrogens is 158 g/mol. The van der Waals surface area contributed by atoms with E-state index in [1.165, 1.54) is 24.0 Å². The maximum Gasteiger partial charge on any atom is 0.0397 e. The zero-order chi connectivity index (χ0) is 9.52. The standard InChI is InChI=1S/C12H19N/c1-3-6-11(7-4-2)12-8-5-9-13-10-12/h5-6,8-9,13H,3-4,7,10H2,1-2H3/b11-6+. The van der Waals surface area contributed by atoms with Gasteiger partial charge in [-0.25, -0.2) is 0 Å². The second-order valence-corrected chi connectivity index (χ2v) is 3.32. The van der Waals surface area contributed by atoms with Crippen LogP contribution in [0.4, 0.5) is 0 Å². The molecule has 0 radical (unpaired) electrons. The lowest BCUT2D eigenvalue weighted by Gasteiger charge is -2.14. The molecule has 1 aliphatic rings. The highest BCUT2D eigenvalue weighted by Gasteiger charge is 2.03. The van der Waals surface area contributed by atoms with E-state index in [1.54, 1.807) is 0 Å². The average Bonchev–Trinajstić information content (AvgIpc) is 2.19. The van der Waals surface area contributed by atoms with E-state index < -0.39 is 0 Å². The molecule has 1 aliphatic heterocycles. The largest absolute Gasteiger partial charge is 0.387 e. The van der Waals surface area contributed by atoms with Crippen molar-refractivity contribution in [3.63, 3.8) is 0 Å². The molecule has 0 aromatic rings. The molecule has 0 atom stereocenters. The maximum absolute atomic E-state index is 3.24. The Morgan fingerprint density at radius 3 is 2.92 bits per heavy atom. The third-order valence-electron chi connectivity index (χ3n) is 2.19. The zero-order valence-corrected chi connectivity index (χ0v) is 8.64. The van der Waals surface area contributed by atoms with Crippen molar-refractivity contribution in [2.24, 2.45) is 0 Å². The Morgan fingerprint density at radius 2 is 2.38 bits per heavy atom. The van der Waals surface area contributed by atoms with E-state index in [-0.39, 0.29) is 0 Å². The van der Waals surface area contributed by atoms with E-state index in [1.807, 2.05) is 6.20 Å². The minimum absolute atomic E-state index is 0.988. The summed E-state index contributed by atoms with van der Waals surface area (Å²) in [7, 11) is 0. The molecule has 1 heterocycles. The van der Waals surface area contributed by atoms with Gasteiger partial charge in [0, 0.05) is 6.54 Å². The molecule has 0 unspecified atom stereocenters. The predicted molar refractivity (Wildman–Crippen MR) is 58.5 cm³/mol. The summed E-state index contributed by atoms with van der Waals surface area (Å²) in [6.45, 7) is 5.42. The van der Waals surface area contributed by atoms with Gasteiger partial charge in [-0.05, 0) is 36.3 Å². The molecule has 0 saturated carbocycles. The van der Waals surface area contributed by atoms with Gasteiger partial charge in [-0.3, -0.25) is 0 Å². The van der Waals surface area contributed by atoms with Gasteiger partial charge >= 0.3 is 0 Å². The monoisotopic (exact) mass is 177 g/mol. The van der Waals surface area contributed by atoms with Crippen molar-refractivity contribution in [1.29, 1.82) is 0 Å². The highest BCUT2D eigenvalue weighted by Crippen LogP contribution is 2.17. The Hall–Kier alpha value is -0.980. The second kappa shape index (κ2) is 5.63. The Bertz CT molecular complexity index is 234. The summed E-state index contributed by atoms with van der Waals surface area (Å²) in [6.07, 6.45) is 12.2. The lowest BCUT2D eigenvalue weighted by molar-refractivity contribution is 0.855. The molecule has 0 fully saturated rings. The minimum Gasteiger partial charge on any atom is -0.387 e. The van der Waals surface area contributed by atoms with Crippen LogP contribution in [0.15, 0.2) is 35.6 Å². The van der Waals surface area contributed by atoms with Crippen LogP contribution in [0.1, 0.15) is 33.1 Å². The smallest absolute Gasteiger partial charge is 0.0397 e. The fraction of sp³-hybridized carbons (Fsp3) is 0.500. The first kappa shape index (κ1) is 10.1. The molecule has 1 heteroatoms. The van der Waals surface area contributed by atoms with Crippen molar-refractivity contribution in [2.75, 3.05) is 6.54 Å². The number of hydrogen-bond acceptors (Lipinski definition) is 1. The topological polar surface area (TPSA) is 12.0 Å². The molecule has 0 aromatic heterocycles. The minimum atomic E-state index is 0.988. The Morgan fingerprint density at radius 1 is 1.54 bits per heavy atom. The Kier molecular flexibility index (Phi) is 4.37. The summed E-state index contributed by atoms with van der Waals surface area (Å²) in [5.74, 6) is 0. The Balaban J connectivity index is 2.68. The van der Waals surface area contributed by atoms with E-state index >= 15 is 0 Å². The van der Waals surface area contributed by atoms with Crippen LogP contribution in [0.25, 0.3) is 0 Å². The highest BCUT2D eigenvalue weighted by atomic mass is 14.8. The summed E-state index contributed by atoms with van der Waals surface area (Å²) in [5.41, 5.74) is 2.97. The van der Waals surface area contributed by atoms with Gasteiger partial charge in [-0.1, -0.05) is 32.4 Å². The van der Waals surface area contributed by atoms with Crippen molar-refractivity contribution < 1.29 is 0 Å². The zero-order valence-electron chi connectivity index (χ0n) is 8.64. The van der Waals surface area contributed by atoms with Crippen LogP contribution in [-0.2, 0) is 0 Å². The van der Waals surface area contributed by atoms with Crippen molar-refractivity contribution in [1.82, 2.24) is 5.32 Å². The molecule has 1 rings (SSSR count). The van der Waals surface area contributed by atoms with Crippen LogP contribution in [0.5, 0.6) is 0 Å². The third kappa shape index (κ3) is 3.10. The SMILES string of the molecule is CC/C=C(\CCC)C1=CC=CNC1. The normalized spacial score (nSPS) is 16.8. The summed E-state index contributed by atoms with van der Waals surface area (Å²) in [6, 6.07) is 0. The summed E-state index contributed by atoms with van der Waals surface area (Å²) in [4.78, 5) is 0. The van der Waals surface area contributed by atoms with E-state index in [0.29, 0.717) is 0 Å². The molecule has 0 saturated heterocycles. The lowest BCUT2D eigenvalue weighted by atomic mass is 9.99. The van der Waals surface area contributed by atoms with Crippen LogP contribution >= 0.6 is 0 Å². The summed E-state index contributed by atoms with van der Waals surface area (Å²) < 4.78 is 0. The summed E-state index contributed by atoms with van der Waals surface area (Å²) >= 11 is 0. The van der Waals surface area contributed by atoms with Gasteiger partial charge in [-0.2, -0.15) is 0 Å². The van der Waals surface area contributed by atoms with Gasteiger partial charge in [0.2, 0.25) is 0 Å². The summed E-state index contributed by atoms with van der Waals surface area (Å²) in [5, 5.41) is 3.24. The first-order valence-electron chi connectivity index (χ1n) is 5.17.